The first-order valence-corrected chi connectivity index (χ1v) is 11.6. The van der Waals surface area contributed by atoms with Crippen molar-refractivity contribution in [2.45, 2.75) is 12.0 Å². The van der Waals surface area contributed by atoms with E-state index in [-0.39, 0.29) is 22.6 Å². The number of benzene rings is 1. The second-order valence-corrected chi connectivity index (χ2v) is 10.2. The predicted octanol–water partition coefficient (Wildman–Crippen LogP) is 2.61. The number of thiazole rings is 1. The second kappa shape index (κ2) is 6.00. The summed E-state index contributed by atoms with van der Waals surface area (Å²) in [5.41, 5.74) is 7.34. The fourth-order valence-electron chi connectivity index (χ4n) is 6.61. The number of hydrogen-bond donors (Lipinski definition) is 2. The predicted molar refractivity (Wildman–Crippen MR) is 122 cm³/mol. The number of nitrogens with two attached hydrogens (primary N) is 1. The summed E-state index contributed by atoms with van der Waals surface area (Å²) in [5, 5.41) is 12.2. The number of nitrogens with zero attached hydrogens (tertiary/aromatic N) is 3. The van der Waals surface area contributed by atoms with Gasteiger partial charge in [0.2, 0.25) is 11.2 Å². The molecule has 0 spiro atoms. The molecular formula is C23H19FN4O4S. The summed E-state index contributed by atoms with van der Waals surface area (Å²) in [6, 6.07) is 1.21. The monoisotopic (exact) mass is 466 g/mol. The van der Waals surface area contributed by atoms with Crippen LogP contribution < -0.4 is 26.2 Å². The maximum atomic E-state index is 15.8. The number of aromatic nitrogens is 1. The van der Waals surface area contributed by atoms with Gasteiger partial charge >= 0.3 is 6.16 Å². The van der Waals surface area contributed by atoms with Crippen molar-refractivity contribution in [2.24, 2.45) is 28.5 Å². The molecule has 33 heavy (non-hydrogen) atoms. The van der Waals surface area contributed by atoms with Crippen molar-refractivity contribution in [1.82, 2.24) is 4.40 Å². The maximum absolute atomic E-state index is 15.8. The molecule has 0 amide bonds. The highest BCUT2D eigenvalue weighted by Gasteiger charge is 2.56. The summed E-state index contributed by atoms with van der Waals surface area (Å²) in [4.78, 5) is 31.3. The molecule has 3 N–H and O–H groups in total. The molecule has 168 valence electrons. The fraction of sp³-hybridized carbons (Fsp3) is 0.348. The zero-order valence-corrected chi connectivity index (χ0v) is 18.4. The number of carboxylic acid groups (broad SMARTS) is 1. The summed E-state index contributed by atoms with van der Waals surface area (Å²) in [5.74, 6) is 0.184. The smallest absolute Gasteiger partial charge is 0.449 e. The van der Waals surface area contributed by atoms with Gasteiger partial charge in [-0.1, -0.05) is 12.2 Å². The van der Waals surface area contributed by atoms with Gasteiger partial charge in [0.05, 0.1) is 32.9 Å². The van der Waals surface area contributed by atoms with Gasteiger partial charge < -0.3 is 20.5 Å². The van der Waals surface area contributed by atoms with Gasteiger partial charge in [-0.25, -0.2) is 9.18 Å². The Bertz CT molecular complexity index is 1660. The van der Waals surface area contributed by atoms with Gasteiger partial charge in [0.1, 0.15) is 10.6 Å². The standard InChI is InChI=1S/C23H19FN4O4S/c1-26-16-14-8-33-21-20(32-22(30)31)19(29)10-4-13(24)18(15(16)17(10)28(14)21)27-6-11-9-2-3-23(25,5-9)12(11)7-27/h2-4,8-9,11-12H,5-7,25H2,1H3,(H,30,31). The van der Waals surface area contributed by atoms with Gasteiger partial charge in [0.15, 0.2) is 0 Å². The Morgan fingerprint density at radius 2 is 2.24 bits per heavy atom. The second-order valence-electron chi connectivity index (χ2n) is 9.35. The molecule has 0 radical (unpaired) electrons. The van der Waals surface area contributed by atoms with Crippen LogP contribution in [0.1, 0.15) is 6.42 Å². The summed E-state index contributed by atoms with van der Waals surface area (Å²) in [6.07, 6.45) is 3.67. The summed E-state index contributed by atoms with van der Waals surface area (Å²) < 4.78 is 22.4. The maximum Gasteiger partial charge on any atom is 0.511 e. The van der Waals surface area contributed by atoms with E-state index in [0.717, 1.165) is 6.42 Å². The van der Waals surface area contributed by atoms with Crippen molar-refractivity contribution in [3.63, 3.8) is 0 Å². The number of hydrogen-bond acceptors (Lipinski definition) is 7. The van der Waals surface area contributed by atoms with Gasteiger partial charge in [0, 0.05) is 37.0 Å². The molecule has 8 nitrogen and oxygen atoms in total. The van der Waals surface area contributed by atoms with Gasteiger partial charge in [-0.05, 0) is 24.3 Å². The van der Waals surface area contributed by atoms with Crippen LogP contribution >= 0.6 is 11.3 Å². The van der Waals surface area contributed by atoms with Crippen LogP contribution in [0.2, 0.25) is 0 Å². The van der Waals surface area contributed by atoms with E-state index < -0.39 is 17.4 Å². The number of anilines is 1. The lowest BCUT2D eigenvalue weighted by Gasteiger charge is -2.28. The topological polar surface area (TPSA) is 110 Å². The molecule has 1 aromatic carbocycles. The van der Waals surface area contributed by atoms with Crippen LogP contribution in [0.4, 0.5) is 14.9 Å². The minimum absolute atomic E-state index is 0.0784. The number of halogens is 1. The quantitative estimate of drug-likeness (QED) is 0.347. The highest BCUT2D eigenvalue weighted by Crippen LogP contribution is 2.54. The molecule has 1 saturated carbocycles. The number of ether oxygens (including phenoxy) is 1. The SMILES string of the molecule is CN=c1c2c(N3CC4C5C=CC(N)(C5)C4C3)c(F)cc3c(=O)c(OC(=O)O)c4scc1n4c32. The average molecular weight is 466 g/mol. The molecule has 7 rings (SSSR count). The molecule has 3 aliphatic rings. The molecule has 1 saturated heterocycles. The number of carbonyl (C=O) groups is 1. The highest BCUT2D eigenvalue weighted by molar-refractivity contribution is 7.16. The largest absolute Gasteiger partial charge is 0.511 e. The van der Waals surface area contributed by atoms with Crippen molar-refractivity contribution in [2.75, 3.05) is 25.0 Å². The molecule has 4 atom stereocenters. The first-order chi connectivity index (χ1) is 15.8. The minimum Gasteiger partial charge on any atom is -0.449 e. The molecule has 1 aliphatic heterocycles. The Morgan fingerprint density at radius 1 is 1.42 bits per heavy atom. The van der Waals surface area contributed by atoms with E-state index >= 15 is 4.39 Å². The Balaban J connectivity index is 1.52. The molecule has 2 fully saturated rings. The van der Waals surface area contributed by atoms with Crippen LogP contribution in [-0.2, 0) is 0 Å². The third-order valence-electron chi connectivity index (χ3n) is 7.88. The van der Waals surface area contributed by atoms with Crippen LogP contribution in [0.25, 0.3) is 26.6 Å². The summed E-state index contributed by atoms with van der Waals surface area (Å²) in [6.45, 7) is 1.33. The Labute approximate surface area is 189 Å². The number of allylic oxidation sites excluding steroid dienone is 1. The van der Waals surface area contributed by atoms with Gasteiger partial charge in [0.25, 0.3) is 0 Å². The molecule has 2 aliphatic carbocycles. The number of rotatable bonds is 2. The zero-order chi connectivity index (χ0) is 22.8. The fourth-order valence-corrected chi connectivity index (χ4v) is 7.59. The van der Waals surface area contributed by atoms with Crippen LogP contribution in [-0.4, -0.2) is 41.3 Å². The Morgan fingerprint density at radius 3 is 2.97 bits per heavy atom. The molecule has 4 aromatic rings. The first-order valence-electron chi connectivity index (χ1n) is 10.8. The van der Waals surface area contributed by atoms with E-state index in [2.05, 4.69) is 22.0 Å². The van der Waals surface area contributed by atoms with E-state index in [1.165, 1.54) is 17.4 Å². The summed E-state index contributed by atoms with van der Waals surface area (Å²) in [7, 11) is 1.64. The van der Waals surface area contributed by atoms with E-state index in [4.69, 9.17) is 15.6 Å². The molecule has 10 heteroatoms. The Hall–Kier alpha value is -3.24. The lowest BCUT2D eigenvalue weighted by Crippen LogP contribution is -2.43. The van der Waals surface area contributed by atoms with Gasteiger partial charge in [-0.15, -0.1) is 11.3 Å². The number of fused-ring (bicyclic) bond motifs is 5. The van der Waals surface area contributed by atoms with Crippen molar-refractivity contribution in [1.29, 1.82) is 0 Å². The van der Waals surface area contributed by atoms with Crippen molar-refractivity contribution in [3.05, 3.63) is 45.0 Å². The third kappa shape index (κ3) is 2.20. The van der Waals surface area contributed by atoms with Gasteiger partial charge in [-0.3, -0.25) is 14.2 Å². The lowest BCUT2D eigenvalue weighted by atomic mass is 9.82. The normalized spacial score (nSPS) is 28.9. The number of pyridine rings is 1. The minimum atomic E-state index is -1.59. The molecular weight excluding hydrogens is 447 g/mol. The van der Waals surface area contributed by atoms with Crippen molar-refractivity contribution in [3.8, 4) is 5.75 Å². The van der Waals surface area contributed by atoms with Crippen molar-refractivity contribution < 1.29 is 19.0 Å². The van der Waals surface area contributed by atoms with E-state index in [1.807, 2.05) is 0 Å². The zero-order valence-electron chi connectivity index (χ0n) is 17.5. The van der Waals surface area contributed by atoms with Crippen LogP contribution in [0.3, 0.4) is 0 Å². The van der Waals surface area contributed by atoms with Crippen LogP contribution in [0.15, 0.2) is 33.4 Å². The van der Waals surface area contributed by atoms with Gasteiger partial charge in [-0.2, -0.15) is 0 Å². The lowest BCUT2D eigenvalue weighted by molar-refractivity contribution is 0.144. The molecule has 2 bridgehead atoms. The third-order valence-corrected chi connectivity index (χ3v) is 8.81. The summed E-state index contributed by atoms with van der Waals surface area (Å²) >= 11 is 1.20. The molecule has 4 heterocycles. The first kappa shape index (κ1) is 19.2. The van der Waals surface area contributed by atoms with Crippen molar-refractivity contribution >= 4 is 49.8 Å². The average Bonchev–Trinajstić information content (AvgIpc) is 3.54. The highest BCUT2D eigenvalue weighted by atomic mass is 32.1. The van der Waals surface area contributed by atoms with E-state index in [9.17, 15) is 9.59 Å². The van der Waals surface area contributed by atoms with Crippen LogP contribution in [0.5, 0.6) is 5.75 Å². The van der Waals surface area contributed by atoms with E-state index in [1.54, 1.807) is 16.8 Å². The van der Waals surface area contributed by atoms with E-state index in [0.29, 0.717) is 57.2 Å². The Kier molecular flexibility index (Phi) is 3.50. The van der Waals surface area contributed by atoms with Crippen LogP contribution in [0, 0.1) is 23.6 Å². The molecule has 3 aromatic heterocycles. The molecule has 4 unspecified atom stereocenters.